The summed E-state index contributed by atoms with van der Waals surface area (Å²) in [6.45, 7) is 1.55. The molecule has 0 spiro atoms. The molecular weight excluding hydrogens is 414 g/mol. The quantitative estimate of drug-likeness (QED) is 0.635. The van der Waals surface area contributed by atoms with Gasteiger partial charge in [-0.05, 0) is 58.1 Å². The minimum absolute atomic E-state index is 0.0667. The zero-order valence-corrected chi connectivity index (χ0v) is 17.1. The van der Waals surface area contributed by atoms with E-state index in [1.54, 1.807) is 0 Å². The number of nitrogens with zero attached hydrogens (tertiary/aromatic N) is 1. The Morgan fingerprint density at radius 1 is 1.10 bits per heavy atom. The molecular formula is C21H20F2N2O2S2. The highest BCUT2D eigenvalue weighted by Gasteiger charge is 2.28. The molecule has 8 heteroatoms. The fourth-order valence-corrected chi connectivity index (χ4v) is 5.49. The molecule has 2 aromatic carbocycles. The molecule has 0 unspecified atom stereocenters. The van der Waals surface area contributed by atoms with Gasteiger partial charge in [-0.1, -0.05) is 24.3 Å². The minimum atomic E-state index is -4.19. The summed E-state index contributed by atoms with van der Waals surface area (Å²) in [5.74, 6) is -1.77. The van der Waals surface area contributed by atoms with Crippen LogP contribution in [0.2, 0.25) is 0 Å². The number of hydrogen-bond acceptors (Lipinski definition) is 4. The van der Waals surface area contributed by atoms with Crippen molar-refractivity contribution in [2.24, 2.45) is 0 Å². The van der Waals surface area contributed by atoms with Gasteiger partial charge in [0.05, 0.1) is 0 Å². The van der Waals surface area contributed by atoms with E-state index in [2.05, 4.69) is 21.8 Å². The number of halogens is 2. The number of sulfonamides is 1. The van der Waals surface area contributed by atoms with Crippen LogP contribution in [-0.2, 0) is 23.0 Å². The summed E-state index contributed by atoms with van der Waals surface area (Å²) in [6.07, 6.45) is 0.877. The number of hydrogen-bond donors (Lipinski definition) is 1. The summed E-state index contributed by atoms with van der Waals surface area (Å²) in [5.41, 5.74) is 3.52. The zero-order chi connectivity index (χ0) is 20.4. The van der Waals surface area contributed by atoms with Gasteiger partial charge in [0.2, 0.25) is 10.0 Å². The van der Waals surface area contributed by atoms with E-state index >= 15 is 0 Å². The third kappa shape index (κ3) is 4.40. The van der Waals surface area contributed by atoms with E-state index in [4.69, 9.17) is 0 Å². The second-order valence-electron chi connectivity index (χ2n) is 6.99. The van der Waals surface area contributed by atoms with Gasteiger partial charge in [0.1, 0.15) is 16.5 Å². The summed E-state index contributed by atoms with van der Waals surface area (Å²) in [7, 11) is -4.19. The molecule has 2 heterocycles. The molecule has 1 aliphatic heterocycles. The third-order valence-corrected chi connectivity index (χ3v) is 7.32. The van der Waals surface area contributed by atoms with Gasteiger partial charge in [-0.15, -0.1) is 0 Å². The molecule has 0 saturated heterocycles. The Morgan fingerprint density at radius 3 is 2.66 bits per heavy atom. The van der Waals surface area contributed by atoms with Crippen LogP contribution in [-0.4, -0.2) is 26.4 Å². The number of benzene rings is 2. The summed E-state index contributed by atoms with van der Waals surface area (Å²) in [5, 5.41) is 3.93. The van der Waals surface area contributed by atoms with Gasteiger partial charge in [0.25, 0.3) is 0 Å². The van der Waals surface area contributed by atoms with Crippen LogP contribution in [0.3, 0.4) is 0 Å². The van der Waals surface area contributed by atoms with Crippen molar-refractivity contribution in [1.82, 2.24) is 9.62 Å². The van der Waals surface area contributed by atoms with Crippen LogP contribution in [0.5, 0.6) is 0 Å². The largest absolute Gasteiger partial charge is 0.290 e. The second-order valence-corrected chi connectivity index (χ2v) is 9.50. The lowest BCUT2D eigenvalue weighted by Crippen LogP contribution is -2.40. The number of fused-ring (bicyclic) bond motifs is 1. The van der Waals surface area contributed by atoms with E-state index < -0.39 is 26.6 Å². The van der Waals surface area contributed by atoms with Crippen LogP contribution in [0.15, 0.2) is 64.2 Å². The first-order valence-corrected chi connectivity index (χ1v) is 11.6. The maximum atomic E-state index is 14.0. The van der Waals surface area contributed by atoms with Crippen LogP contribution in [0.4, 0.5) is 8.78 Å². The Labute approximate surface area is 172 Å². The van der Waals surface area contributed by atoms with Crippen molar-refractivity contribution in [2.75, 3.05) is 13.1 Å². The lowest BCUT2D eigenvalue weighted by molar-refractivity contribution is 0.180. The lowest BCUT2D eigenvalue weighted by atomic mass is 9.97. The predicted octanol–water partition coefficient (Wildman–Crippen LogP) is 4.10. The molecule has 0 fully saturated rings. The normalized spacial score (nSPS) is 15.8. The summed E-state index contributed by atoms with van der Waals surface area (Å²) >= 11 is 1.54. The van der Waals surface area contributed by atoms with Crippen LogP contribution >= 0.6 is 11.3 Å². The van der Waals surface area contributed by atoms with Crippen molar-refractivity contribution >= 4 is 21.4 Å². The van der Waals surface area contributed by atoms with Crippen LogP contribution < -0.4 is 4.72 Å². The molecule has 0 bridgehead atoms. The number of thiophene rings is 1. The molecule has 1 atom stereocenters. The molecule has 1 aromatic heterocycles. The molecule has 3 aromatic rings. The summed E-state index contributed by atoms with van der Waals surface area (Å²) in [6, 6.07) is 12.4. The standard InChI is InChI=1S/C21H20F2N2O2S2/c22-18-5-6-19(23)21(11-18)29(26,27)24-12-20(17-8-10-28-14-17)25-9-7-15-3-1-2-4-16(15)13-25/h1-6,8,10-11,14,20,24H,7,9,12-13H2/t20-/m0/s1. The Kier molecular flexibility index (Phi) is 5.78. The van der Waals surface area contributed by atoms with Crippen LogP contribution in [0.25, 0.3) is 0 Å². The van der Waals surface area contributed by atoms with E-state index in [0.717, 1.165) is 30.7 Å². The first kappa shape index (κ1) is 20.2. The average molecular weight is 435 g/mol. The Morgan fingerprint density at radius 2 is 1.90 bits per heavy atom. The van der Waals surface area contributed by atoms with E-state index in [0.29, 0.717) is 12.6 Å². The van der Waals surface area contributed by atoms with Gasteiger partial charge in [0.15, 0.2) is 0 Å². The van der Waals surface area contributed by atoms with Gasteiger partial charge < -0.3 is 0 Å². The van der Waals surface area contributed by atoms with Crippen molar-refractivity contribution < 1.29 is 17.2 Å². The van der Waals surface area contributed by atoms with E-state index in [1.165, 1.54) is 22.5 Å². The molecule has 4 rings (SSSR count). The third-order valence-electron chi connectivity index (χ3n) is 5.18. The Bertz CT molecular complexity index is 1100. The molecule has 29 heavy (non-hydrogen) atoms. The van der Waals surface area contributed by atoms with Crippen molar-refractivity contribution in [1.29, 1.82) is 0 Å². The minimum Gasteiger partial charge on any atom is -0.290 e. The topological polar surface area (TPSA) is 49.4 Å². The van der Waals surface area contributed by atoms with Crippen LogP contribution in [0, 0.1) is 11.6 Å². The molecule has 0 saturated carbocycles. The van der Waals surface area contributed by atoms with Crippen molar-refractivity contribution in [2.45, 2.75) is 23.9 Å². The van der Waals surface area contributed by atoms with Crippen LogP contribution in [0.1, 0.15) is 22.7 Å². The fourth-order valence-electron chi connectivity index (χ4n) is 3.66. The first-order chi connectivity index (χ1) is 13.9. The zero-order valence-electron chi connectivity index (χ0n) is 15.5. The van der Waals surface area contributed by atoms with Crippen molar-refractivity contribution in [3.05, 3.63) is 87.6 Å². The smallest absolute Gasteiger partial charge is 0.243 e. The molecule has 0 radical (unpaired) electrons. The van der Waals surface area contributed by atoms with E-state index in [-0.39, 0.29) is 12.6 Å². The van der Waals surface area contributed by atoms with Crippen molar-refractivity contribution in [3.63, 3.8) is 0 Å². The maximum Gasteiger partial charge on any atom is 0.243 e. The van der Waals surface area contributed by atoms with E-state index in [9.17, 15) is 17.2 Å². The molecule has 152 valence electrons. The van der Waals surface area contributed by atoms with Gasteiger partial charge in [-0.3, -0.25) is 4.90 Å². The summed E-state index contributed by atoms with van der Waals surface area (Å²) in [4.78, 5) is 1.54. The van der Waals surface area contributed by atoms with Gasteiger partial charge >= 0.3 is 0 Å². The monoisotopic (exact) mass is 434 g/mol. The van der Waals surface area contributed by atoms with Gasteiger partial charge in [0, 0.05) is 25.7 Å². The highest BCUT2D eigenvalue weighted by molar-refractivity contribution is 7.89. The maximum absolute atomic E-state index is 14.0. The lowest BCUT2D eigenvalue weighted by Gasteiger charge is -2.35. The molecule has 0 aliphatic carbocycles. The Hall–Kier alpha value is -2.13. The van der Waals surface area contributed by atoms with Gasteiger partial charge in [-0.2, -0.15) is 11.3 Å². The molecule has 0 amide bonds. The number of nitrogens with one attached hydrogen (secondary N) is 1. The predicted molar refractivity (Wildman–Crippen MR) is 109 cm³/mol. The fraction of sp³-hybridized carbons (Fsp3) is 0.238. The second kappa shape index (κ2) is 8.31. The summed E-state index contributed by atoms with van der Waals surface area (Å²) < 4.78 is 55.2. The van der Waals surface area contributed by atoms with Gasteiger partial charge in [-0.25, -0.2) is 21.9 Å². The number of rotatable bonds is 6. The molecule has 4 nitrogen and oxygen atoms in total. The molecule has 1 aliphatic rings. The van der Waals surface area contributed by atoms with Crippen molar-refractivity contribution in [3.8, 4) is 0 Å². The first-order valence-electron chi connectivity index (χ1n) is 9.22. The SMILES string of the molecule is O=S(=O)(NC[C@@H](c1ccsc1)N1CCc2ccccc2C1)c1cc(F)ccc1F. The average Bonchev–Trinajstić information content (AvgIpc) is 3.24. The highest BCUT2D eigenvalue weighted by atomic mass is 32.2. The van der Waals surface area contributed by atoms with E-state index in [1.807, 2.05) is 29.0 Å². The highest BCUT2D eigenvalue weighted by Crippen LogP contribution is 2.29. The Balaban J connectivity index is 1.57. The molecule has 1 N–H and O–H groups in total.